The molecule has 4 atom stereocenters. The van der Waals surface area contributed by atoms with E-state index in [0.29, 0.717) is 12.0 Å². The van der Waals surface area contributed by atoms with E-state index < -0.39 is 42.9 Å². The number of aryl methyl sites for hydroxylation is 1. The number of H-pyrrole nitrogens is 1. The van der Waals surface area contributed by atoms with E-state index in [1.54, 1.807) is 6.92 Å². The molecule has 1 aromatic heterocycles. The molecule has 0 saturated carbocycles. The van der Waals surface area contributed by atoms with Crippen LogP contribution in [0, 0.1) is 6.92 Å². The van der Waals surface area contributed by atoms with Crippen molar-refractivity contribution < 1.29 is 18.7 Å². The van der Waals surface area contributed by atoms with Crippen LogP contribution in [0.5, 0.6) is 0 Å². The first-order valence-corrected chi connectivity index (χ1v) is 16.1. The first-order chi connectivity index (χ1) is 15.8. The van der Waals surface area contributed by atoms with Crippen molar-refractivity contribution in [2.24, 2.45) is 0 Å². The molecule has 1 aliphatic rings. The first-order valence-electron chi connectivity index (χ1n) is 11.3. The Morgan fingerprint density at radius 3 is 2.47 bits per heavy atom. The van der Waals surface area contributed by atoms with Gasteiger partial charge in [-0.15, -0.1) is 0 Å². The number of nitrogens with zero attached hydrogens (tertiary/aromatic N) is 1. The molecule has 2 aromatic rings. The van der Waals surface area contributed by atoms with E-state index in [9.17, 15) is 14.4 Å². The van der Waals surface area contributed by atoms with Gasteiger partial charge in [0, 0.05) is 0 Å². The molecular formula is C24H34N2O6SeSi. The standard InChI is InChI=1S/C24H34N2O6SeSi/c1-15-14-26(23(29)25-21(15)28)19-13-18(32-34(6,7)24(3,4)5)20(31-19)22(30-16(2)27)33-17-11-9-8-10-12-17/h8-12,14,18-20,22H,13H2,1-7H3,(H,25,28,29)/t18-,19+,20-,22?/m0/s1. The average molecular weight is 554 g/mol. The number of nitrogens with one attached hydrogen (secondary N) is 1. The Labute approximate surface area is 207 Å². The minimum absolute atomic E-state index is 0.0391. The Morgan fingerprint density at radius 2 is 1.88 bits per heavy atom. The van der Waals surface area contributed by atoms with E-state index in [4.69, 9.17) is 13.9 Å². The van der Waals surface area contributed by atoms with Crippen LogP contribution in [0.4, 0.5) is 0 Å². The Bertz CT molecular complexity index is 1120. The minimum atomic E-state index is -2.21. The number of esters is 1. The van der Waals surface area contributed by atoms with Crippen molar-refractivity contribution in [1.82, 2.24) is 9.55 Å². The van der Waals surface area contributed by atoms with Crippen LogP contribution in [0.2, 0.25) is 18.1 Å². The van der Waals surface area contributed by atoms with Gasteiger partial charge in [0.15, 0.2) is 0 Å². The number of rotatable bonds is 7. The third-order valence-electron chi connectivity index (χ3n) is 6.37. The quantitative estimate of drug-likeness (QED) is 0.418. The SMILES string of the molecule is CC(=O)OC([Se]c1ccccc1)[C@H]1O[C@@H](n2cc(C)c(=O)[nH]c2=O)C[C@@H]1O[Si](C)(C)C(C)(C)C. The van der Waals surface area contributed by atoms with Crippen LogP contribution in [0.25, 0.3) is 0 Å². The molecular weight excluding hydrogens is 519 g/mol. The van der Waals surface area contributed by atoms with E-state index in [1.165, 1.54) is 17.7 Å². The second kappa shape index (κ2) is 10.3. The number of aromatic amines is 1. The van der Waals surface area contributed by atoms with Crippen molar-refractivity contribution in [3.05, 3.63) is 62.9 Å². The summed E-state index contributed by atoms with van der Waals surface area (Å²) in [5.41, 5.74) is -0.543. The monoisotopic (exact) mass is 554 g/mol. The van der Waals surface area contributed by atoms with Gasteiger partial charge in [-0.3, -0.25) is 0 Å². The van der Waals surface area contributed by atoms with Gasteiger partial charge in [0.1, 0.15) is 0 Å². The molecule has 8 nitrogen and oxygen atoms in total. The van der Waals surface area contributed by atoms with Crippen LogP contribution in [0.1, 0.15) is 45.9 Å². The molecule has 2 heterocycles. The third kappa shape index (κ3) is 6.17. The Hall–Kier alpha value is -1.97. The Kier molecular flexibility index (Phi) is 8.09. The molecule has 1 saturated heterocycles. The van der Waals surface area contributed by atoms with Gasteiger partial charge in [-0.25, -0.2) is 0 Å². The van der Waals surface area contributed by atoms with Crippen molar-refractivity contribution >= 4 is 33.7 Å². The molecule has 1 aromatic carbocycles. The average Bonchev–Trinajstić information content (AvgIpc) is 3.12. The molecule has 0 bridgehead atoms. The van der Waals surface area contributed by atoms with Gasteiger partial charge in [0.25, 0.3) is 0 Å². The molecule has 1 N–H and O–H groups in total. The predicted molar refractivity (Wildman–Crippen MR) is 134 cm³/mol. The van der Waals surface area contributed by atoms with Gasteiger partial charge in [0.05, 0.1) is 0 Å². The Morgan fingerprint density at radius 1 is 1.24 bits per heavy atom. The van der Waals surface area contributed by atoms with Gasteiger partial charge in [0.2, 0.25) is 0 Å². The zero-order valence-electron chi connectivity index (χ0n) is 20.8. The van der Waals surface area contributed by atoms with Crippen LogP contribution in [-0.4, -0.2) is 56.0 Å². The number of hydrogen-bond donors (Lipinski definition) is 1. The summed E-state index contributed by atoms with van der Waals surface area (Å²) < 4.78 is 21.4. The van der Waals surface area contributed by atoms with Gasteiger partial charge >= 0.3 is 207 Å². The fraction of sp³-hybridized carbons (Fsp3) is 0.542. The summed E-state index contributed by atoms with van der Waals surface area (Å²) in [7, 11) is -2.21. The van der Waals surface area contributed by atoms with Crippen LogP contribution >= 0.6 is 0 Å². The number of ether oxygens (including phenoxy) is 2. The molecule has 1 unspecified atom stereocenters. The topological polar surface area (TPSA) is 99.6 Å². The van der Waals surface area contributed by atoms with Crippen molar-refractivity contribution in [3.8, 4) is 0 Å². The van der Waals surface area contributed by atoms with Gasteiger partial charge < -0.3 is 0 Å². The molecule has 0 radical (unpaired) electrons. The third-order valence-corrected chi connectivity index (χ3v) is 13.3. The zero-order valence-corrected chi connectivity index (χ0v) is 23.5. The van der Waals surface area contributed by atoms with E-state index in [-0.39, 0.29) is 26.1 Å². The number of benzene rings is 1. The molecule has 3 rings (SSSR count). The first kappa shape index (κ1) is 26.6. The molecule has 34 heavy (non-hydrogen) atoms. The maximum atomic E-state index is 12.6. The summed E-state index contributed by atoms with van der Waals surface area (Å²) in [5, 5.41) is -0.575. The van der Waals surface area contributed by atoms with Gasteiger partial charge in [-0.1, -0.05) is 0 Å². The van der Waals surface area contributed by atoms with Crippen molar-refractivity contribution in [1.29, 1.82) is 0 Å². The van der Waals surface area contributed by atoms with Crippen LogP contribution in [0.15, 0.2) is 46.1 Å². The zero-order chi connectivity index (χ0) is 25.3. The summed E-state index contributed by atoms with van der Waals surface area (Å²) in [6.07, 6.45) is 0.348. The Balaban J connectivity index is 2.00. The molecule has 0 aliphatic carbocycles. The molecule has 0 spiro atoms. The number of carbonyl (C=O) groups is 1. The summed E-state index contributed by atoms with van der Waals surface area (Å²) in [6.45, 7) is 13.8. The van der Waals surface area contributed by atoms with Crippen molar-refractivity contribution in [3.63, 3.8) is 0 Å². The summed E-state index contributed by atoms with van der Waals surface area (Å²) in [4.78, 5) is 38.9. The number of aromatic nitrogens is 2. The van der Waals surface area contributed by atoms with Crippen LogP contribution in [0.3, 0.4) is 0 Å². The summed E-state index contributed by atoms with van der Waals surface area (Å²) in [5.74, 6) is -0.391. The second-order valence-corrected chi connectivity index (χ2v) is 17.3. The van der Waals surface area contributed by atoms with E-state index in [1.807, 2.05) is 30.3 Å². The number of carbonyl (C=O) groups excluding carboxylic acids is 1. The molecule has 1 aliphatic heterocycles. The van der Waals surface area contributed by atoms with E-state index in [0.717, 1.165) is 4.46 Å². The van der Waals surface area contributed by atoms with E-state index >= 15 is 0 Å². The molecule has 1 fully saturated rings. The van der Waals surface area contributed by atoms with Crippen LogP contribution < -0.4 is 15.7 Å². The fourth-order valence-corrected chi connectivity index (χ4v) is 7.23. The predicted octanol–water partition coefficient (Wildman–Crippen LogP) is 2.44. The molecule has 10 heteroatoms. The van der Waals surface area contributed by atoms with Crippen molar-refractivity contribution in [2.75, 3.05) is 0 Å². The van der Waals surface area contributed by atoms with Gasteiger partial charge in [-0.2, -0.15) is 0 Å². The summed E-state index contributed by atoms with van der Waals surface area (Å²) >= 11 is -0.243. The molecule has 0 amide bonds. The van der Waals surface area contributed by atoms with Crippen molar-refractivity contribution in [2.45, 2.75) is 82.6 Å². The normalized spacial score (nSPS) is 21.9. The van der Waals surface area contributed by atoms with E-state index in [2.05, 4.69) is 38.8 Å². The summed E-state index contributed by atoms with van der Waals surface area (Å²) in [6, 6.07) is 9.85. The maximum absolute atomic E-state index is 12.6. The fourth-order valence-electron chi connectivity index (χ4n) is 3.50. The number of hydrogen-bond acceptors (Lipinski definition) is 6. The van der Waals surface area contributed by atoms with Gasteiger partial charge in [-0.05, 0) is 0 Å². The second-order valence-electron chi connectivity index (χ2n) is 10.1. The molecule has 186 valence electrons. The van der Waals surface area contributed by atoms with Crippen LogP contribution in [-0.2, 0) is 18.7 Å².